The number of rotatable bonds is 2. The van der Waals surface area contributed by atoms with Crippen molar-refractivity contribution in [3.63, 3.8) is 0 Å². The fraction of sp³-hybridized carbons (Fsp3) is 0.333. The average molecular weight is 316 g/mol. The van der Waals surface area contributed by atoms with Crippen LogP contribution in [-0.2, 0) is 14.4 Å². The van der Waals surface area contributed by atoms with Gasteiger partial charge in [-0.1, -0.05) is 0 Å². The Morgan fingerprint density at radius 3 is 2.91 bits per heavy atom. The van der Waals surface area contributed by atoms with Crippen molar-refractivity contribution in [1.82, 2.24) is 5.01 Å². The molecule has 1 aromatic rings. The molecule has 0 saturated carbocycles. The van der Waals surface area contributed by atoms with Gasteiger partial charge in [-0.2, -0.15) is 5.10 Å². The summed E-state index contributed by atoms with van der Waals surface area (Å²) in [6.07, 6.45) is 0.0130. The maximum atomic E-state index is 12.2. The molecule has 0 aromatic heterocycles. The first kappa shape index (κ1) is 15.0. The van der Waals surface area contributed by atoms with E-state index in [0.29, 0.717) is 29.3 Å². The molecule has 3 rings (SSSR count). The van der Waals surface area contributed by atoms with E-state index in [1.165, 1.54) is 12.1 Å². The summed E-state index contributed by atoms with van der Waals surface area (Å²) in [6.45, 7) is 1.66. The van der Waals surface area contributed by atoms with Crippen molar-refractivity contribution in [3.8, 4) is 5.75 Å². The van der Waals surface area contributed by atoms with Gasteiger partial charge in [-0.15, -0.1) is 0 Å². The first-order valence-electron chi connectivity index (χ1n) is 7.21. The van der Waals surface area contributed by atoms with E-state index in [4.69, 9.17) is 4.74 Å². The Morgan fingerprint density at radius 1 is 1.39 bits per heavy atom. The largest absolute Gasteiger partial charge is 0.479 e. The van der Waals surface area contributed by atoms with Gasteiger partial charge in [0.15, 0.2) is 6.10 Å². The van der Waals surface area contributed by atoms with E-state index < -0.39 is 6.10 Å². The van der Waals surface area contributed by atoms with E-state index >= 15 is 0 Å². The van der Waals surface area contributed by atoms with Crippen LogP contribution in [0.4, 0.5) is 11.4 Å². The van der Waals surface area contributed by atoms with Gasteiger partial charge in [0.05, 0.1) is 5.69 Å². The standard InChI is InChI=1S/C15H16N4O4/c1-8-14(21)17-11-7-9(3-5-12(11)23-8)16-15(22)10-4-6-13(20)19(2)18-10/h3,5,7-8H,4,6H2,1-2H3,(H,16,22)(H,17,21)/t8-/m1/s1. The zero-order valence-corrected chi connectivity index (χ0v) is 12.8. The smallest absolute Gasteiger partial charge is 0.271 e. The molecule has 0 saturated heterocycles. The monoisotopic (exact) mass is 316 g/mol. The van der Waals surface area contributed by atoms with Gasteiger partial charge in [0.2, 0.25) is 5.91 Å². The van der Waals surface area contributed by atoms with Crippen molar-refractivity contribution in [2.24, 2.45) is 5.10 Å². The predicted molar refractivity (Wildman–Crippen MR) is 83.2 cm³/mol. The van der Waals surface area contributed by atoms with Crippen LogP contribution in [0.25, 0.3) is 0 Å². The maximum absolute atomic E-state index is 12.2. The highest BCUT2D eigenvalue weighted by molar-refractivity contribution is 6.43. The summed E-state index contributed by atoms with van der Waals surface area (Å²) in [4.78, 5) is 35.2. The lowest BCUT2D eigenvalue weighted by Crippen LogP contribution is -2.35. The Balaban J connectivity index is 1.75. The summed E-state index contributed by atoms with van der Waals surface area (Å²) < 4.78 is 5.45. The van der Waals surface area contributed by atoms with Gasteiger partial charge in [0, 0.05) is 25.6 Å². The number of benzene rings is 1. The third-order valence-corrected chi connectivity index (χ3v) is 3.64. The number of anilines is 2. The normalized spacial score (nSPS) is 20.2. The van der Waals surface area contributed by atoms with Gasteiger partial charge < -0.3 is 15.4 Å². The third kappa shape index (κ3) is 3.01. The molecule has 0 spiro atoms. The van der Waals surface area contributed by atoms with Crippen molar-refractivity contribution in [1.29, 1.82) is 0 Å². The van der Waals surface area contributed by atoms with Crippen LogP contribution in [-0.4, -0.2) is 41.6 Å². The second-order valence-electron chi connectivity index (χ2n) is 5.38. The van der Waals surface area contributed by atoms with E-state index in [0.717, 1.165) is 0 Å². The fourth-order valence-corrected chi connectivity index (χ4v) is 2.32. The first-order chi connectivity index (χ1) is 10.9. The van der Waals surface area contributed by atoms with Gasteiger partial charge in [-0.3, -0.25) is 14.4 Å². The number of fused-ring (bicyclic) bond motifs is 1. The van der Waals surface area contributed by atoms with Gasteiger partial charge in [-0.05, 0) is 25.1 Å². The van der Waals surface area contributed by atoms with Crippen LogP contribution in [0.2, 0.25) is 0 Å². The van der Waals surface area contributed by atoms with Crippen molar-refractivity contribution >= 4 is 34.8 Å². The molecule has 23 heavy (non-hydrogen) atoms. The molecular weight excluding hydrogens is 300 g/mol. The maximum Gasteiger partial charge on any atom is 0.271 e. The summed E-state index contributed by atoms with van der Waals surface area (Å²) in [7, 11) is 1.52. The Hall–Kier alpha value is -2.90. The van der Waals surface area contributed by atoms with Gasteiger partial charge >= 0.3 is 0 Å². The predicted octanol–water partition coefficient (Wildman–Crippen LogP) is 0.953. The minimum absolute atomic E-state index is 0.121. The molecule has 0 radical (unpaired) electrons. The van der Waals surface area contributed by atoms with E-state index in [2.05, 4.69) is 15.7 Å². The lowest BCUT2D eigenvalue weighted by Gasteiger charge is -2.24. The number of hydrogen-bond acceptors (Lipinski definition) is 5. The summed E-state index contributed by atoms with van der Waals surface area (Å²) in [5.41, 5.74) is 1.30. The topological polar surface area (TPSA) is 100 Å². The highest BCUT2D eigenvalue weighted by Crippen LogP contribution is 2.32. The SMILES string of the molecule is C[C@H]1Oc2ccc(NC(=O)C3=NN(C)C(=O)CC3)cc2NC1=O. The molecule has 120 valence electrons. The Labute approximate surface area is 132 Å². The van der Waals surface area contributed by atoms with Crippen LogP contribution in [0, 0.1) is 0 Å². The van der Waals surface area contributed by atoms with Gasteiger partial charge in [-0.25, -0.2) is 5.01 Å². The molecule has 1 atom stereocenters. The van der Waals surface area contributed by atoms with E-state index in [1.54, 1.807) is 25.1 Å². The lowest BCUT2D eigenvalue weighted by molar-refractivity contribution is -0.130. The molecule has 3 amide bonds. The van der Waals surface area contributed by atoms with E-state index in [-0.39, 0.29) is 24.1 Å². The second kappa shape index (κ2) is 5.71. The van der Waals surface area contributed by atoms with Crippen molar-refractivity contribution in [3.05, 3.63) is 18.2 Å². The Bertz CT molecular complexity index is 728. The lowest BCUT2D eigenvalue weighted by atomic mass is 10.1. The zero-order valence-electron chi connectivity index (χ0n) is 12.8. The van der Waals surface area contributed by atoms with Crippen molar-refractivity contribution in [2.45, 2.75) is 25.9 Å². The minimum Gasteiger partial charge on any atom is -0.479 e. The number of ether oxygens (including phenoxy) is 1. The molecule has 0 unspecified atom stereocenters. The Morgan fingerprint density at radius 2 is 2.17 bits per heavy atom. The molecule has 2 aliphatic heterocycles. The molecule has 1 aromatic carbocycles. The number of hydrogen-bond donors (Lipinski definition) is 2. The van der Waals surface area contributed by atoms with Crippen molar-refractivity contribution < 1.29 is 19.1 Å². The molecule has 8 nitrogen and oxygen atoms in total. The quantitative estimate of drug-likeness (QED) is 0.848. The number of carbonyl (C=O) groups excluding carboxylic acids is 3. The molecule has 0 bridgehead atoms. The van der Waals surface area contributed by atoms with Crippen LogP contribution in [0.15, 0.2) is 23.3 Å². The zero-order chi connectivity index (χ0) is 16.6. The molecule has 0 fully saturated rings. The Kier molecular flexibility index (Phi) is 3.73. The molecule has 2 N–H and O–H groups in total. The number of nitrogens with one attached hydrogen (secondary N) is 2. The average Bonchev–Trinajstić information content (AvgIpc) is 2.51. The van der Waals surface area contributed by atoms with Gasteiger partial charge in [0.1, 0.15) is 11.5 Å². The summed E-state index contributed by atoms with van der Waals surface area (Å²) in [6, 6.07) is 4.98. The van der Waals surface area contributed by atoms with Crippen molar-refractivity contribution in [2.75, 3.05) is 17.7 Å². The third-order valence-electron chi connectivity index (χ3n) is 3.64. The van der Waals surface area contributed by atoms with Crippen LogP contribution in [0.1, 0.15) is 19.8 Å². The van der Waals surface area contributed by atoms with E-state index in [9.17, 15) is 14.4 Å². The molecule has 2 aliphatic rings. The summed E-state index contributed by atoms with van der Waals surface area (Å²) in [5.74, 6) is -0.182. The molecular formula is C15H16N4O4. The molecule has 0 aliphatic carbocycles. The number of carbonyl (C=O) groups is 3. The first-order valence-corrected chi connectivity index (χ1v) is 7.21. The summed E-state index contributed by atoms with van der Waals surface area (Å²) >= 11 is 0. The highest BCUT2D eigenvalue weighted by Gasteiger charge is 2.25. The minimum atomic E-state index is -0.549. The van der Waals surface area contributed by atoms with E-state index in [1.807, 2.05) is 0 Å². The van der Waals surface area contributed by atoms with Crippen LogP contribution in [0.5, 0.6) is 5.75 Å². The van der Waals surface area contributed by atoms with Crippen LogP contribution >= 0.6 is 0 Å². The molecule has 2 heterocycles. The molecule has 8 heteroatoms. The summed E-state index contributed by atoms with van der Waals surface area (Å²) in [5, 5.41) is 10.6. The fourth-order valence-electron chi connectivity index (χ4n) is 2.32. The highest BCUT2D eigenvalue weighted by atomic mass is 16.5. The van der Waals surface area contributed by atoms with Gasteiger partial charge in [0.25, 0.3) is 11.8 Å². The number of hydrazone groups is 1. The number of amides is 3. The second-order valence-corrected chi connectivity index (χ2v) is 5.38. The van der Waals surface area contributed by atoms with Crippen LogP contribution in [0.3, 0.4) is 0 Å². The van der Waals surface area contributed by atoms with Crippen LogP contribution < -0.4 is 15.4 Å². The number of nitrogens with zero attached hydrogens (tertiary/aromatic N) is 2.